The fourth-order valence-corrected chi connectivity index (χ4v) is 5.85. The maximum Gasteiger partial charge on any atom is 0.407 e. The number of fused-ring (bicyclic) bond motifs is 1. The van der Waals surface area contributed by atoms with E-state index in [1.165, 1.54) is 28.4 Å². The first kappa shape index (κ1) is 27.1. The highest BCUT2D eigenvalue weighted by Gasteiger charge is 2.24. The van der Waals surface area contributed by atoms with Gasteiger partial charge in [-0.1, -0.05) is 18.3 Å². The lowest BCUT2D eigenvalue weighted by molar-refractivity contribution is 0.142. The third-order valence-electron chi connectivity index (χ3n) is 7.24. The van der Waals surface area contributed by atoms with Gasteiger partial charge in [0, 0.05) is 68.5 Å². The first-order chi connectivity index (χ1) is 20.4. The van der Waals surface area contributed by atoms with E-state index in [0.29, 0.717) is 59.8 Å². The summed E-state index contributed by atoms with van der Waals surface area (Å²) in [6, 6.07) is 12.1. The van der Waals surface area contributed by atoms with E-state index >= 15 is 0 Å². The van der Waals surface area contributed by atoms with Crippen molar-refractivity contribution in [2.24, 2.45) is 0 Å². The molecule has 212 valence electrons. The minimum absolute atomic E-state index is 0.349. The minimum atomic E-state index is -0.911. The number of imidazole rings is 1. The third kappa shape index (κ3) is 4.97. The van der Waals surface area contributed by atoms with Crippen molar-refractivity contribution < 1.29 is 14.3 Å². The molecule has 1 aliphatic heterocycles. The minimum Gasteiger partial charge on any atom is -0.465 e. The standard InChI is InChI=1S/C29H26FN9O2S/c1-3-22-26(36(2)28-35-25(23(14-31)42-28)18-4-7-21(30)8-5-18)39-17-19(6-9-24(39)34-22)20-15-32-27(33-16-20)37-10-12-38(13-11-37)29(40)41/h4-9,15-17H,3,10-13H2,1-2H3,(H,40,41). The molecule has 0 aliphatic carbocycles. The number of carbonyl (C=O) groups is 1. The summed E-state index contributed by atoms with van der Waals surface area (Å²) in [5, 5.41) is 19.6. The molecular formula is C29H26FN9O2S. The van der Waals surface area contributed by atoms with E-state index in [2.05, 4.69) is 16.0 Å². The van der Waals surface area contributed by atoms with Crippen LogP contribution in [-0.2, 0) is 6.42 Å². The van der Waals surface area contributed by atoms with Crippen molar-refractivity contribution in [3.8, 4) is 28.5 Å². The first-order valence-electron chi connectivity index (χ1n) is 13.3. The van der Waals surface area contributed by atoms with E-state index < -0.39 is 6.09 Å². The van der Waals surface area contributed by atoms with Gasteiger partial charge in [-0.3, -0.25) is 4.40 Å². The monoisotopic (exact) mass is 583 g/mol. The molecule has 1 aliphatic rings. The summed E-state index contributed by atoms with van der Waals surface area (Å²) in [4.78, 5) is 35.7. The molecule has 11 nitrogen and oxygen atoms in total. The SMILES string of the molecule is CCc1nc2ccc(-c3cnc(N4CCN(C(=O)O)CC4)nc3)cn2c1N(C)c1nc(-c2ccc(F)cc2)c(C#N)s1. The Morgan fingerprint density at radius 3 is 2.38 bits per heavy atom. The van der Waals surface area contributed by atoms with Gasteiger partial charge in [0.25, 0.3) is 0 Å². The molecule has 5 heterocycles. The largest absolute Gasteiger partial charge is 0.465 e. The number of carboxylic acid groups (broad SMARTS) is 1. The van der Waals surface area contributed by atoms with Crippen LogP contribution in [0.25, 0.3) is 28.0 Å². The summed E-state index contributed by atoms with van der Waals surface area (Å²) < 4.78 is 15.5. The van der Waals surface area contributed by atoms with Crippen molar-refractivity contribution in [3.05, 3.63) is 71.4 Å². The van der Waals surface area contributed by atoms with Crippen LogP contribution in [0.5, 0.6) is 0 Å². The molecule has 0 atom stereocenters. The molecule has 1 saturated heterocycles. The van der Waals surface area contributed by atoms with Crippen molar-refractivity contribution in [3.63, 3.8) is 0 Å². The number of aryl methyl sites for hydroxylation is 1. The van der Waals surface area contributed by atoms with Crippen molar-refractivity contribution in [2.75, 3.05) is 43.0 Å². The number of halogens is 1. The summed E-state index contributed by atoms with van der Waals surface area (Å²) in [5.41, 5.74) is 4.54. The Morgan fingerprint density at radius 1 is 1.05 bits per heavy atom. The number of aromatic nitrogens is 5. The average Bonchev–Trinajstić information content (AvgIpc) is 3.63. The summed E-state index contributed by atoms with van der Waals surface area (Å²) >= 11 is 1.27. The van der Waals surface area contributed by atoms with Gasteiger partial charge < -0.3 is 19.8 Å². The van der Waals surface area contributed by atoms with Gasteiger partial charge in [-0.25, -0.2) is 29.1 Å². The molecule has 42 heavy (non-hydrogen) atoms. The highest BCUT2D eigenvalue weighted by molar-refractivity contribution is 7.16. The van der Waals surface area contributed by atoms with Gasteiger partial charge in [0.2, 0.25) is 5.95 Å². The molecule has 0 saturated carbocycles. The predicted octanol–water partition coefficient (Wildman–Crippen LogP) is 5.06. The molecule has 4 aromatic heterocycles. The zero-order valence-corrected chi connectivity index (χ0v) is 23.7. The quantitative estimate of drug-likeness (QED) is 0.292. The Morgan fingerprint density at radius 2 is 1.74 bits per heavy atom. The lowest BCUT2D eigenvalue weighted by Crippen LogP contribution is -2.48. The van der Waals surface area contributed by atoms with Gasteiger partial charge >= 0.3 is 6.09 Å². The Balaban J connectivity index is 1.31. The average molecular weight is 584 g/mol. The number of hydrogen-bond acceptors (Lipinski definition) is 9. The highest BCUT2D eigenvalue weighted by Crippen LogP contribution is 2.37. The van der Waals surface area contributed by atoms with E-state index in [4.69, 9.17) is 9.97 Å². The fraction of sp³-hybridized carbons (Fsp3) is 0.241. The molecule has 6 rings (SSSR count). The second kappa shape index (κ2) is 11.1. The molecule has 0 radical (unpaired) electrons. The second-order valence-electron chi connectivity index (χ2n) is 9.76. The molecular weight excluding hydrogens is 557 g/mol. The summed E-state index contributed by atoms with van der Waals surface area (Å²) in [6.07, 6.45) is 5.29. The number of nitriles is 1. The number of thiazole rings is 1. The van der Waals surface area contributed by atoms with Gasteiger partial charge in [-0.05, 0) is 42.8 Å². The summed E-state index contributed by atoms with van der Waals surface area (Å²) in [6.45, 7) is 3.93. The number of pyridine rings is 1. The molecule has 1 amide bonds. The zero-order valence-electron chi connectivity index (χ0n) is 22.9. The van der Waals surface area contributed by atoms with Gasteiger partial charge in [-0.2, -0.15) is 5.26 Å². The summed E-state index contributed by atoms with van der Waals surface area (Å²) in [7, 11) is 1.89. The van der Waals surface area contributed by atoms with Gasteiger partial charge in [0.1, 0.15) is 33.9 Å². The van der Waals surface area contributed by atoms with Gasteiger partial charge in [0.05, 0.1) is 5.69 Å². The number of amides is 1. The van der Waals surface area contributed by atoms with E-state index in [9.17, 15) is 19.6 Å². The van der Waals surface area contributed by atoms with E-state index in [-0.39, 0.29) is 5.82 Å². The van der Waals surface area contributed by atoms with Gasteiger partial charge in [0.15, 0.2) is 5.13 Å². The number of nitrogens with zero attached hydrogens (tertiary/aromatic N) is 9. The lowest BCUT2D eigenvalue weighted by atomic mass is 10.1. The van der Waals surface area contributed by atoms with Crippen molar-refractivity contribution in [2.45, 2.75) is 13.3 Å². The highest BCUT2D eigenvalue weighted by atomic mass is 32.1. The lowest BCUT2D eigenvalue weighted by Gasteiger charge is -2.33. The van der Waals surface area contributed by atoms with E-state index in [1.54, 1.807) is 24.5 Å². The maximum absolute atomic E-state index is 13.5. The number of anilines is 3. The number of benzene rings is 1. The molecule has 5 aromatic rings. The van der Waals surface area contributed by atoms with Crippen molar-refractivity contribution >= 4 is 40.0 Å². The van der Waals surface area contributed by atoms with Crippen LogP contribution >= 0.6 is 11.3 Å². The topological polar surface area (TPSA) is 127 Å². The molecule has 0 unspecified atom stereocenters. The van der Waals surface area contributed by atoms with Crippen LogP contribution in [0, 0.1) is 17.1 Å². The molecule has 0 bridgehead atoms. The zero-order chi connectivity index (χ0) is 29.4. The first-order valence-corrected chi connectivity index (χ1v) is 14.1. The Bertz CT molecular complexity index is 1800. The Kier molecular flexibility index (Phi) is 7.13. The van der Waals surface area contributed by atoms with Crippen LogP contribution in [-0.4, -0.2) is 73.7 Å². The third-order valence-corrected chi connectivity index (χ3v) is 8.28. The molecule has 1 N–H and O–H groups in total. The van der Waals surface area contributed by atoms with Crippen LogP contribution in [0.3, 0.4) is 0 Å². The van der Waals surface area contributed by atoms with Gasteiger partial charge in [-0.15, -0.1) is 0 Å². The van der Waals surface area contributed by atoms with Crippen LogP contribution in [0.1, 0.15) is 17.5 Å². The van der Waals surface area contributed by atoms with Crippen LogP contribution in [0.15, 0.2) is 55.0 Å². The van der Waals surface area contributed by atoms with Crippen LogP contribution in [0.4, 0.5) is 26.1 Å². The van der Waals surface area contributed by atoms with Crippen molar-refractivity contribution in [1.82, 2.24) is 29.2 Å². The van der Waals surface area contributed by atoms with Crippen molar-refractivity contribution in [1.29, 1.82) is 5.26 Å². The van der Waals surface area contributed by atoms with Crippen LogP contribution < -0.4 is 9.80 Å². The number of rotatable bonds is 6. The van der Waals surface area contributed by atoms with E-state index in [0.717, 1.165) is 28.3 Å². The molecule has 0 spiro atoms. The smallest absolute Gasteiger partial charge is 0.407 e. The van der Waals surface area contributed by atoms with E-state index in [1.807, 2.05) is 46.5 Å². The fourth-order valence-electron chi connectivity index (χ4n) is 5.00. The molecule has 13 heteroatoms. The summed E-state index contributed by atoms with van der Waals surface area (Å²) in [5.74, 6) is 1.04. The second-order valence-corrected chi connectivity index (χ2v) is 10.7. The predicted molar refractivity (Wildman–Crippen MR) is 158 cm³/mol. The molecule has 1 fully saturated rings. The Labute approximate surface area is 244 Å². The molecule has 1 aromatic carbocycles. The Hall–Kier alpha value is -5.09. The number of hydrogen-bond donors (Lipinski definition) is 1. The maximum atomic E-state index is 13.5. The van der Waals surface area contributed by atoms with Crippen LogP contribution in [0.2, 0.25) is 0 Å². The number of piperazine rings is 1. The normalized spacial score (nSPS) is 13.4.